The van der Waals surface area contributed by atoms with E-state index in [2.05, 4.69) is 20.3 Å². The fraction of sp³-hybridized carbons (Fsp3) is 0.0909. The van der Waals surface area contributed by atoms with Crippen LogP contribution in [0, 0.1) is 6.92 Å². The fourth-order valence-electron chi connectivity index (χ4n) is 1.19. The zero-order chi connectivity index (χ0) is 11.4. The summed E-state index contributed by atoms with van der Waals surface area (Å²) in [7, 11) is 0. The van der Waals surface area contributed by atoms with Crippen LogP contribution in [0.1, 0.15) is 5.56 Å². The lowest BCUT2D eigenvalue weighted by molar-refractivity contribution is 0.423. The van der Waals surface area contributed by atoms with Gasteiger partial charge in [-0.2, -0.15) is 0 Å². The van der Waals surface area contributed by atoms with Gasteiger partial charge in [0.05, 0.1) is 0 Å². The molecular formula is C11H11N3OS. The number of hydrogen-bond donors (Lipinski definition) is 2. The van der Waals surface area contributed by atoms with Crippen molar-refractivity contribution in [1.82, 2.24) is 5.16 Å². The van der Waals surface area contributed by atoms with Crippen molar-refractivity contribution in [2.75, 3.05) is 10.6 Å². The van der Waals surface area contributed by atoms with Gasteiger partial charge in [0, 0.05) is 11.8 Å². The standard InChI is InChI=1S/C11H11N3OS/c1-8-2-4-9(5-3-8)12-11(16)13-10-6-7-15-14-10/h2-7H,1H3,(H2,12,13,14,16). The Kier molecular flexibility index (Phi) is 3.16. The lowest BCUT2D eigenvalue weighted by Gasteiger charge is -2.07. The molecule has 0 saturated heterocycles. The zero-order valence-electron chi connectivity index (χ0n) is 8.73. The molecule has 0 saturated carbocycles. The molecule has 2 aromatic rings. The van der Waals surface area contributed by atoms with E-state index in [0.717, 1.165) is 5.69 Å². The quantitative estimate of drug-likeness (QED) is 0.781. The molecule has 0 aliphatic heterocycles. The van der Waals surface area contributed by atoms with Gasteiger partial charge in [0.2, 0.25) is 0 Å². The molecule has 1 aromatic carbocycles. The topological polar surface area (TPSA) is 50.1 Å². The molecule has 1 heterocycles. The maximum absolute atomic E-state index is 5.11. The summed E-state index contributed by atoms with van der Waals surface area (Å²) in [6, 6.07) is 9.66. The summed E-state index contributed by atoms with van der Waals surface area (Å²) in [4.78, 5) is 0. The number of hydrogen-bond acceptors (Lipinski definition) is 3. The van der Waals surface area contributed by atoms with Crippen LogP contribution in [0.5, 0.6) is 0 Å². The first-order chi connectivity index (χ1) is 7.74. The summed E-state index contributed by atoms with van der Waals surface area (Å²) < 4.78 is 4.68. The summed E-state index contributed by atoms with van der Waals surface area (Å²) in [5.74, 6) is 0.588. The molecule has 82 valence electrons. The highest BCUT2D eigenvalue weighted by Crippen LogP contribution is 2.09. The SMILES string of the molecule is Cc1ccc(NC(=S)Nc2ccon2)cc1. The summed E-state index contributed by atoms with van der Waals surface area (Å²) in [5.41, 5.74) is 2.15. The summed E-state index contributed by atoms with van der Waals surface area (Å²) in [6.45, 7) is 2.04. The van der Waals surface area contributed by atoms with Crippen LogP contribution >= 0.6 is 12.2 Å². The molecule has 0 radical (unpaired) electrons. The molecule has 0 spiro atoms. The first-order valence-electron chi connectivity index (χ1n) is 4.79. The van der Waals surface area contributed by atoms with Gasteiger partial charge < -0.3 is 15.2 Å². The smallest absolute Gasteiger partial charge is 0.176 e. The van der Waals surface area contributed by atoms with E-state index < -0.39 is 0 Å². The Morgan fingerprint density at radius 2 is 1.94 bits per heavy atom. The van der Waals surface area contributed by atoms with Gasteiger partial charge in [-0.1, -0.05) is 22.9 Å². The number of nitrogens with zero attached hydrogens (tertiary/aromatic N) is 1. The number of benzene rings is 1. The first kappa shape index (κ1) is 10.6. The number of rotatable bonds is 2. The second-order valence-electron chi connectivity index (χ2n) is 3.33. The molecule has 0 fully saturated rings. The Bertz CT molecular complexity index is 464. The van der Waals surface area contributed by atoms with Crippen molar-refractivity contribution in [2.45, 2.75) is 6.92 Å². The summed E-state index contributed by atoms with van der Waals surface area (Å²) >= 11 is 5.11. The highest BCUT2D eigenvalue weighted by atomic mass is 32.1. The van der Waals surface area contributed by atoms with Crippen molar-refractivity contribution in [1.29, 1.82) is 0 Å². The van der Waals surface area contributed by atoms with Crippen molar-refractivity contribution in [3.05, 3.63) is 42.2 Å². The largest absolute Gasteiger partial charge is 0.363 e. The van der Waals surface area contributed by atoms with E-state index in [9.17, 15) is 0 Å². The van der Waals surface area contributed by atoms with Gasteiger partial charge in [0.15, 0.2) is 10.9 Å². The van der Waals surface area contributed by atoms with Gasteiger partial charge in [-0.3, -0.25) is 0 Å². The molecule has 0 aliphatic carbocycles. The van der Waals surface area contributed by atoms with E-state index in [4.69, 9.17) is 12.2 Å². The minimum atomic E-state index is 0.484. The number of aromatic nitrogens is 1. The van der Waals surface area contributed by atoms with E-state index in [1.54, 1.807) is 6.07 Å². The third-order valence-electron chi connectivity index (χ3n) is 1.99. The molecule has 0 bridgehead atoms. The van der Waals surface area contributed by atoms with Crippen LogP contribution < -0.4 is 10.6 Å². The van der Waals surface area contributed by atoms with E-state index in [0.29, 0.717) is 10.9 Å². The molecule has 0 atom stereocenters. The molecule has 16 heavy (non-hydrogen) atoms. The van der Waals surface area contributed by atoms with Crippen LogP contribution in [0.4, 0.5) is 11.5 Å². The van der Waals surface area contributed by atoms with Crippen LogP contribution in [0.15, 0.2) is 41.1 Å². The van der Waals surface area contributed by atoms with E-state index >= 15 is 0 Å². The van der Waals surface area contributed by atoms with E-state index in [1.165, 1.54) is 11.8 Å². The van der Waals surface area contributed by atoms with Gasteiger partial charge in [0.1, 0.15) is 6.26 Å². The molecule has 0 aliphatic rings. The highest BCUT2D eigenvalue weighted by Gasteiger charge is 2.00. The maximum Gasteiger partial charge on any atom is 0.176 e. The van der Waals surface area contributed by atoms with E-state index in [-0.39, 0.29) is 0 Å². The van der Waals surface area contributed by atoms with Crippen LogP contribution in [-0.2, 0) is 0 Å². The Hall–Kier alpha value is -1.88. The average molecular weight is 233 g/mol. The first-order valence-corrected chi connectivity index (χ1v) is 5.20. The zero-order valence-corrected chi connectivity index (χ0v) is 9.54. The van der Waals surface area contributed by atoms with Crippen molar-refractivity contribution in [2.24, 2.45) is 0 Å². The van der Waals surface area contributed by atoms with Gasteiger partial charge in [0.25, 0.3) is 0 Å². The van der Waals surface area contributed by atoms with E-state index in [1.807, 2.05) is 31.2 Å². The van der Waals surface area contributed by atoms with Crippen molar-refractivity contribution in [3.8, 4) is 0 Å². The molecule has 2 rings (SSSR count). The highest BCUT2D eigenvalue weighted by molar-refractivity contribution is 7.80. The Labute approximate surface area is 98.6 Å². The van der Waals surface area contributed by atoms with Gasteiger partial charge >= 0.3 is 0 Å². The van der Waals surface area contributed by atoms with Crippen molar-refractivity contribution in [3.63, 3.8) is 0 Å². The fourth-order valence-corrected chi connectivity index (χ4v) is 1.41. The predicted octanol–water partition coefficient (Wildman–Crippen LogP) is 2.79. The third kappa shape index (κ3) is 2.80. The molecular weight excluding hydrogens is 222 g/mol. The predicted molar refractivity (Wildman–Crippen MR) is 67.5 cm³/mol. The second-order valence-corrected chi connectivity index (χ2v) is 3.74. The minimum absolute atomic E-state index is 0.484. The molecule has 1 aromatic heterocycles. The van der Waals surface area contributed by atoms with Crippen LogP contribution in [0.2, 0.25) is 0 Å². The summed E-state index contributed by atoms with van der Waals surface area (Å²) in [5, 5.41) is 10.1. The Morgan fingerprint density at radius 1 is 1.19 bits per heavy atom. The minimum Gasteiger partial charge on any atom is -0.363 e. The number of aryl methyl sites for hydroxylation is 1. The second kappa shape index (κ2) is 4.76. The van der Waals surface area contributed by atoms with Crippen molar-refractivity contribution < 1.29 is 4.52 Å². The number of thiocarbonyl (C=S) groups is 1. The molecule has 5 heteroatoms. The monoisotopic (exact) mass is 233 g/mol. The molecule has 4 nitrogen and oxygen atoms in total. The Morgan fingerprint density at radius 3 is 2.56 bits per heavy atom. The van der Waals surface area contributed by atoms with Crippen molar-refractivity contribution >= 4 is 28.8 Å². The van der Waals surface area contributed by atoms with Gasteiger partial charge in [-0.25, -0.2) is 0 Å². The number of anilines is 2. The van der Waals surface area contributed by atoms with Gasteiger partial charge in [-0.15, -0.1) is 0 Å². The molecule has 2 N–H and O–H groups in total. The average Bonchev–Trinajstić information content (AvgIpc) is 2.74. The van der Waals surface area contributed by atoms with Gasteiger partial charge in [-0.05, 0) is 31.3 Å². The Balaban J connectivity index is 1.95. The lowest BCUT2D eigenvalue weighted by atomic mass is 10.2. The normalized spacial score (nSPS) is 9.81. The van der Waals surface area contributed by atoms with Crippen LogP contribution in [-0.4, -0.2) is 10.3 Å². The lowest BCUT2D eigenvalue weighted by Crippen LogP contribution is -2.19. The maximum atomic E-state index is 5.11. The third-order valence-corrected chi connectivity index (χ3v) is 2.19. The molecule has 0 amide bonds. The van der Waals surface area contributed by atoms with Crippen LogP contribution in [0.25, 0.3) is 0 Å². The van der Waals surface area contributed by atoms with Crippen LogP contribution in [0.3, 0.4) is 0 Å². The number of nitrogens with one attached hydrogen (secondary N) is 2. The molecule has 0 unspecified atom stereocenters. The summed E-state index contributed by atoms with van der Waals surface area (Å²) in [6.07, 6.45) is 1.48.